The molecule has 0 aliphatic heterocycles. The largest absolute Gasteiger partial charge is 0.489 e. The van der Waals surface area contributed by atoms with Crippen LogP contribution in [0.25, 0.3) is 0 Å². The SMILES string of the molecule is O=C(CCc1cccnc1)Cc1ccc(OCc2ccccc2C(F)(F)F)cc1. The number of rotatable bonds is 8. The standard InChI is InChI=1S/C23H20F3NO2/c24-23(25,26)22-6-2-1-5-19(22)16-29-21-11-8-17(9-12-21)14-20(28)10-7-18-4-3-13-27-15-18/h1-6,8-9,11-13,15H,7,10,14,16H2. The Labute approximate surface area is 167 Å². The molecule has 0 atom stereocenters. The molecule has 29 heavy (non-hydrogen) atoms. The predicted octanol–water partition coefficient (Wildman–Crippen LogP) is 5.42. The van der Waals surface area contributed by atoms with Crippen LogP contribution in [0.1, 0.15) is 28.7 Å². The molecule has 0 amide bonds. The topological polar surface area (TPSA) is 39.2 Å². The second-order valence-electron chi connectivity index (χ2n) is 6.66. The Kier molecular flexibility index (Phi) is 6.65. The molecule has 0 aliphatic carbocycles. The van der Waals surface area contributed by atoms with Crippen LogP contribution in [0, 0.1) is 0 Å². The average Bonchev–Trinajstić information content (AvgIpc) is 2.72. The summed E-state index contributed by atoms with van der Waals surface area (Å²) in [5, 5.41) is 0. The molecule has 1 aromatic heterocycles. The first kappa shape index (κ1) is 20.6. The van der Waals surface area contributed by atoms with Crippen LogP contribution in [0.2, 0.25) is 0 Å². The van der Waals surface area contributed by atoms with Gasteiger partial charge >= 0.3 is 6.18 Å². The summed E-state index contributed by atoms with van der Waals surface area (Å²) in [7, 11) is 0. The number of alkyl halides is 3. The highest BCUT2D eigenvalue weighted by Gasteiger charge is 2.32. The van der Waals surface area contributed by atoms with E-state index in [0.717, 1.165) is 17.2 Å². The Hall–Kier alpha value is -3.15. The number of carbonyl (C=O) groups is 1. The number of ether oxygens (including phenoxy) is 1. The van der Waals surface area contributed by atoms with Crippen LogP contribution < -0.4 is 4.74 Å². The maximum atomic E-state index is 13.0. The van der Waals surface area contributed by atoms with Gasteiger partial charge in [-0.2, -0.15) is 13.2 Å². The molecule has 0 spiro atoms. The Balaban J connectivity index is 1.52. The van der Waals surface area contributed by atoms with Crippen molar-refractivity contribution in [2.75, 3.05) is 0 Å². The molecule has 0 bridgehead atoms. The van der Waals surface area contributed by atoms with Crippen molar-refractivity contribution in [3.05, 3.63) is 95.3 Å². The van der Waals surface area contributed by atoms with Gasteiger partial charge in [0.25, 0.3) is 0 Å². The Bertz CT molecular complexity index is 938. The number of halogens is 3. The van der Waals surface area contributed by atoms with Gasteiger partial charge in [0.15, 0.2) is 0 Å². The summed E-state index contributed by atoms with van der Waals surface area (Å²) in [6, 6.07) is 16.0. The van der Waals surface area contributed by atoms with Gasteiger partial charge in [-0.05, 0) is 41.8 Å². The van der Waals surface area contributed by atoms with E-state index in [-0.39, 0.29) is 18.0 Å². The van der Waals surface area contributed by atoms with Gasteiger partial charge in [0.2, 0.25) is 0 Å². The zero-order chi connectivity index (χ0) is 20.7. The van der Waals surface area contributed by atoms with Gasteiger partial charge in [-0.1, -0.05) is 36.4 Å². The number of hydrogen-bond donors (Lipinski definition) is 0. The van der Waals surface area contributed by atoms with Gasteiger partial charge in [-0.15, -0.1) is 0 Å². The minimum absolute atomic E-state index is 0.0784. The summed E-state index contributed by atoms with van der Waals surface area (Å²) in [6.07, 6.45) is 0.398. The minimum Gasteiger partial charge on any atom is -0.489 e. The third-order valence-corrected chi connectivity index (χ3v) is 4.46. The molecule has 3 rings (SSSR count). The molecule has 0 saturated heterocycles. The summed E-state index contributed by atoms with van der Waals surface area (Å²) < 4.78 is 44.6. The van der Waals surface area contributed by atoms with Gasteiger partial charge in [-0.25, -0.2) is 0 Å². The number of nitrogens with zero attached hydrogens (tertiary/aromatic N) is 1. The molecule has 3 nitrogen and oxygen atoms in total. The van der Waals surface area contributed by atoms with E-state index < -0.39 is 11.7 Å². The number of hydrogen-bond acceptors (Lipinski definition) is 3. The van der Waals surface area contributed by atoms with E-state index in [0.29, 0.717) is 25.0 Å². The number of aryl methyl sites for hydroxylation is 1. The number of Topliss-reactive ketones (excluding diaryl/α,β-unsaturated/α-hetero) is 1. The van der Waals surface area contributed by atoms with Crippen LogP contribution in [0.5, 0.6) is 5.75 Å². The summed E-state index contributed by atoms with van der Waals surface area (Å²) in [5.74, 6) is 0.565. The van der Waals surface area contributed by atoms with Crippen molar-refractivity contribution < 1.29 is 22.7 Å². The summed E-state index contributed by atoms with van der Waals surface area (Å²) >= 11 is 0. The van der Waals surface area contributed by atoms with E-state index in [4.69, 9.17) is 4.74 Å². The number of carbonyl (C=O) groups excluding carboxylic acids is 1. The molecule has 0 saturated carbocycles. The van der Waals surface area contributed by atoms with Crippen LogP contribution in [0.4, 0.5) is 13.2 Å². The zero-order valence-corrected chi connectivity index (χ0v) is 15.7. The lowest BCUT2D eigenvalue weighted by Crippen LogP contribution is -2.10. The van der Waals surface area contributed by atoms with E-state index in [2.05, 4.69) is 4.98 Å². The number of aromatic nitrogens is 1. The first-order valence-corrected chi connectivity index (χ1v) is 9.19. The van der Waals surface area contributed by atoms with E-state index in [1.165, 1.54) is 12.1 Å². The third-order valence-electron chi connectivity index (χ3n) is 4.46. The lowest BCUT2D eigenvalue weighted by Gasteiger charge is -2.13. The molecule has 150 valence electrons. The molecule has 0 aliphatic rings. The number of pyridine rings is 1. The summed E-state index contributed by atoms with van der Waals surface area (Å²) in [4.78, 5) is 16.2. The Morgan fingerprint density at radius 1 is 0.931 bits per heavy atom. The van der Waals surface area contributed by atoms with Gasteiger partial charge in [0.1, 0.15) is 18.1 Å². The second-order valence-corrected chi connectivity index (χ2v) is 6.66. The molecule has 0 fully saturated rings. The van der Waals surface area contributed by atoms with Gasteiger partial charge in [0.05, 0.1) is 5.56 Å². The Morgan fingerprint density at radius 2 is 1.69 bits per heavy atom. The van der Waals surface area contributed by atoms with Crippen molar-refractivity contribution in [2.45, 2.75) is 32.0 Å². The van der Waals surface area contributed by atoms with Gasteiger partial charge in [-0.3, -0.25) is 9.78 Å². The highest BCUT2D eigenvalue weighted by molar-refractivity contribution is 5.81. The second kappa shape index (κ2) is 9.37. The van der Waals surface area contributed by atoms with Crippen molar-refractivity contribution in [3.8, 4) is 5.75 Å². The fraction of sp³-hybridized carbons (Fsp3) is 0.217. The lowest BCUT2D eigenvalue weighted by atomic mass is 10.0. The highest BCUT2D eigenvalue weighted by Crippen LogP contribution is 2.32. The first-order chi connectivity index (χ1) is 13.9. The van der Waals surface area contributed by atoms with Crippen LogP contribution in [0.3, 0.4) is 0 Å². The maximum absolute atomic E-state index is 13.0. The zero-order valence-electron chi connectivity index (χ0n) is 15.7. The van der Waals surface area contributed by atoms with Crippen molar-refractivity contribution in [1.29, 1.82) is 0 Å². The van der Waals surface area contributed by atoms with Crippen LogP contribution in [0.15, 0.2) is 73.1 Å². The van der Waals surface area contributed by atoms with Crippen molar-refractivity contribution in [2.24, 2.45) is 0 Å². The molecule has 0 radical (unpaired) electrons. The van der Waals surface area contributed by atoms with Crippen molar-refractivity contribution >= 4 is 5.78 Å². The monoisotopic (exact) mass is 399 g/mol. The van der Waals surface area contributed by atoms with Gasteiger partial charge < -0.3 is 4.74 Å². The molecular formula is C23H20F3NO2. The fourth-order valence-corrected chi connectivity index (χ4v) is 2.93. The molecule has 0 N–H and O–H groups in total. The third kappa shape index (κ3) is 6.17. The van der Waals surface area contributed by atoms with Crippen LogP contribution in [-0.4, -0.2) is 10.8 Å². The normalized spacial score (nSPS) is 11.3. The molecule has 0 unspecified atom stereocenters. The Morgan fingerprint density at radius 3 is 2.38 bits per heavy atom. The lowest BCUT2D eigenvalue weighted by molar-refractivity contribution is -0.138. The van der Waals surface area contributed by atoms with E-state index >= 15 is 0 Å². The van der Waals surface area contributed by atoms with Crippen molar-refractivity contribution in [3.63, 3.8) is 0 Å². The van der Waals surface area contributed by atoms with E-state index in [9.17, 15) is 18.0 Å². The fourth-order valence-electron chi connectivity index (χ4n) is 2.93. The number of ketones is 1. The average molecular weight is 399 g/mol. The molecule has 6 heteroatoms. The first-order valence-electron chi connectivity index (χ1n) is 9.19. The summed E-state index contributed by atoms with van der Waals surface area (Å²) in [5.41, 5.74) is 1.23. The van der Waals surface area contributed by atoms with Crippen LogP contribution in [-0.2, 0) is 30.4 Å². The maximum Gasteiger partial charge on any atom is 0.416 e. The number of benzene rings is 2. The molecule has 3 aromatic rings. The van der Waals surface area contributed by atoms with Gasteiger partial charge in [0, 0.05) is 30.8 Å². The van der Waals surface area contributed by atoms with E-state index in [1.807, 2.05) is 12.1 Å². The van der Waals surface area contributed by atoms with Crippen LogP contribution >= 0.6 is 0 Å². The van der Waals surface area contributed by atoms with E-state index in [1.54, 1.807) is 42.7 Å². The highest BCUT2D eigenvalue weighted by atomic mass is 19.4. The predicted molar refractivity (Wildman–Crippen MR) is 103 cm³/mol. The molecule has 2 aromatic carbocycles. The summed E-state index contributed by atoms with van der Waals surface area (Å²) in [6.45, 7) is -0.181. The molecule has 1 heterocycles. The smallest absolute Gasteiger partial charge is 0.416 e. The minimum atomic E-state index is -4.42. The van der Waals surface area contributed by atoms with Crippen molar-refractivity contribution in [1.82, 2.24) is 4.98 Å². The molecular weight excluding hydrogens is 379 g/mol. The quantitative estimate of drug-likeness (QED) is 0.507.